The molecule has 0 spiro atoms. The monoisotopic (exact) mass is 285 g/mol. The van der Waals surface area contributed by atoms with E-state index in [0.717, 1.165) is 0 Å². The maximum absolute atomic E-state index is 12.6. The fraction of sp³-hybridized carbons (Fsp3) is 0.308. The first-order chi connectivity index (χ1) is 8.93. The Labute approximate surface area is 112 Å². The van der Waals surface area contributed by atoms with Gasteiger partial charge in [0.15, 0.2) is 9.84 Å². The average molecular weight is 285 g/mol. The summed E-state index contributed by atoms with van der Waals surface area (Å²) in [5, 5.41) is 2.51. The first kappa shape index (κ1) is 15.4. The van der Waals surface area contributed by atoms with E-state index < -0.39 is 21.6 Å². The van der Waals surface area contributed by atoms with Gasteiger partial charge in [-0.05, 0) is 31.2 Å². The third kappa shape index (κ3) is 6.15. The van der Waals surface area contributed by atoms with Gasteiger partial charge in [-0.2, -0.15) is 0 Å². The van der Waals surface area contributed by atoms with Gasteiger partial charge in [0.1, 0.15) is 5.82 Å². The molecule has 0 bridgehead atoms. The number of hydrogen-bond donors (Lipinski definition) is 1. The molecule has 1 aromatic carbocycles. The minimum atomic E-state index is -3.25. The summed E-state index contributed by atoms with van der Waals surface area (Å²) in [6.07, 6.45) is 3.07. The third-order valence-corrected chi connectivity index (χ3v) is 3.88. The Bertz CT molecular complexity index is 550. The van der Waals surface area contributed by atoms with Gasteiger partial charge in [0, 0.05) is 12.1 Å². The van der Waals surface area contributed by atoms with Gasteiger partial charge in [-0.25, -0.2) is 12.8 Å². The molecule has 0 fully saturated rings. The summed E-state index contributed by atoms with van der Waals surface area (Å²) in [6, 6.07) is 5.28. The van der Waals surface area contributed by atoms with Crippen LogP contribution in [0.2, 0.25) is 0 Å². The average Bonchev–Trinajstić information content (AvgIpc) is 2.37. The van der Waals surface area contributed by atoms with Crippen LogP contribution in [0.4, 0.5) is 10.1 Å². The molecule has 104 valence electrons. The van der Waals surface area contributed by atoms with Gasteiger partial charge in [0.05, 0.1) is 11.5 Å². The quantitative estimate of drug-likeness (QED) is 0.815. The molecule has 0 heterocycles. The van der Waals surface area contributed by atoms with Gasteiger partial charge in [0.2, 0.25) is 5.91 Å². The summed E-state index contributed by atoms with van der Waals surface area (Å²) in [7, 11) is -3.25. The number of sulfone groups is 1. The van der Waals surface area contributed by atoms with Crippen molar-refractivity contribution in [2.75, 3.05) is 16.8 Å². The molecule has 1 N–H and O–H groups in total. The van der Waals surface area contributed by atoms with E-state index in [4.69, 9.17) is 0 Å². The number of halogens is 1. The van der Waals surface area contributed by atoms with Gasteiger partial charge in [-0.1, -0.05) is 12.2 Å². The molecule has 0 atom stereocenters. The second-order valence-corrected chi connectivity index (χ2v) is 6.22. The summed E-state index contributed by atoms with van der Waals surface area (Å²) in [4.78, 5) is 11.5. The highest BCUT2D eigenvalue weighted by Gasteiger charge is 2.12. The van der Waals surface area contributed by atoms with E-state index in [1.165, 1.54) is 30.3 Å². The number of carbonyl (C=O) groups is 1. The normalized spacial score (nSPS) is 11.7. The van der Waals surface area contributed by atoms with E-state index in [0.29, 0.717) is 5.69 Å². The summed E-state index contributed by atoms with van der Waals surface area (Å²) in [5.41, 5.74) is 0.442. The number of anilines is 1. The van der Waals surface area contributed by atoms with Crippen LogP contribution in [0.5, 0.6) is 0 Å². The molecule has 0 unspecified atom stereocenters. The van der Waals surface area contributed by atoms with Crippen LogP contribution in [0.3, 0.4) is 0 Å². The zero-order chi connectivity index (χ0) is 14.3. The lowest BCUT2D eigenvalue weighted by atomic mass is 10.3. The number of allylic oxidation sites excluding steroid dienone is 1. The first-order valence-electron chi connectivity index (χ1n) is 5.80. The molecule has 0 aliphatic rings. The Morgan fingerprint density at radius 1 is 1.32 bits per heavy atom. The van der Waals surface area contributed by atoms with Crippen LogP contribution in [0.15, 0.2) is 36.4 Å². The van der Waals surface area contributed by atoms with Crippen molar-refractivity contribution in [1.29, 1.82) is 0 Å². The zero-order valence-corrected chi connectivity index (χ0v) is 11.4. The second-order valence-electron chi connectivity index (χ2n) is 3.99. The van der Waals surface area contributed by atoms with E-state index in [9.17, 15) is 17.6 Å². The Hall–Kier alpha value is -1.69. The highest BCUT2D eigenvalue weighted by Crippen LogP contribution is 2.08. The Morgan fingerprint density at radius 2 is 1.95 bits per heavy atom. The maximum atomic E-state index is 12.6. The molecule has 1 rings (SSSR count). The van der Waals surface area contributed by atoms with Crippen molar-refractivity contribution in [2.24, 2.45) is 0 Å². The van der Waals surface area contributed by atoms with Gasteiger partial charge in [-0.3, -0.25) is 4.79 Å². The number of nitrogens with one attached hydrogen (secondary N) is 1. The number of benzene rings is 1. The number of hydrogen-bond acceptors (Lipinski definition) is 3. The van der Waals surface area contributed by atoms with Crippen molar-refractivity contribution in [1.82, 2.24) is 0 Å². The largest absolute Gasteiger partial charge is 0.326 e. The number of amides is 1. The number of rotatable bonds is 6. The molecule has 0 aliphatic carbocycles. The predicted octanol–water partition coefficient (Wildman–Crippen LogP) is 2.15. The maximum Gasteiger partial charge on any atom is 0.225 e. The van der Waals surface area contributed by atoms with E-state index in [1.807, 2.05) is 0 Å². The van der Waals surface area contributed by atoms with Crippen LogP contribution in [-0.4, -0.2) is 25.8 Å². The molecule has 1 aromatic rings. The minimum absolute atomic E-state index is 0.0622. The molecular weight excluding hydrogens is 269 g/mol. The lowest BCUT2D eigenvalue weighted by Crippen LogP contribution is -2.18. The van der Waals surface area contributed by atoms with Crippen molar-refractivity contribution in [2.45, 2.75) is 13.3 Å². The summed E-state index contributed by atoms with van der Waals surface area (Å²) in [5.74, 6) is -1.07. The Morgan fingerprint density at radius 3 is 2.53 bits per heavy atom. The van der Waals surface area contributed by atoms with E-state index in [1.54, 1.807) is 13.0 Å². The van der Waals surface area contributed by atoms with Crippen molar-refractivity contribution < 1.29 is 17.6 Å². The van der Waals surface area contributed by atoms with Crippen molar-refractivity contribution in [3.63, 3.8) is 0 Å². The van der Waals surface area contributed by atoms with Gasteiger partial charge in [0.25, 0.3) is 0 Å². The smallest absolute Gasteiger partial charge is 0.225 e. The third-order valence-electron chi connectivity index (χ3n) is 2.35. The standard InChI is InChI=1S/C13H16FNO3S/c1-2-3-9-19(17,18)10-8-13(16)15-12-6-4-11(14)5-7-12/h2-7H,8-10H2,1H3,(H,15,16). The number of carbonyl (C=O) groups excluding carboxylic acids is 1. The minimum Gasteiger partial charge on any atom is -0.326 e. The van der Waals surface area contributed by atoms with Crippen LogP contribution < -0.4 is 5.32 Å². The van der Waals surface area contributed by atoms with Crippen molar-refractivity contribution in [3.05, 3.63) is 42.2 Å². The topological polar surface area (TPSA) is 63.2 Å². The van der Waals surface area contributed by atoms with E-state index in [2.05, 4.69) is 5.32 Å². The fourth-order valence-corrected chi connectivity index (χ4v) is 2.48. The molecule has 0 aliphatic heterocycles. The highest BCUT2D eigenvalue weighted by molar-refractivity contribution is 7.91. The van der Waals surface area contributed by atoms with Crippen LogP contribution >= 0.6 is 0 Å². The Kier molecular flexibility index (Phi) is 5.69. The molecule has 0 saturated carbocycles. The second kappa shape index (κ2) is 7.04. The van der Waals surface area contributed by atoms with Gasteiger partial charge in [-0.15, -0.1) is 0 Å². The molecule has 0 radical (unpaired) electrons. The summed E-state index contributed by atoms with van der Waals surface area (Å²) in [6.45, 7) is 1.73. The zero-order valence-electron chi connectivity index (χ0n) is 10.6. The van der Waals surface area contributed by atoms with Crippen LogP contribution in [0.1, 0.15) is 13.3 Å². The molecule has 6 heteroatoms. The Balaban J connectivity index is 2.46. The molecular formula is C13H16FNO3S. The van der Waals surface area contributed by atoms with E-state index in [-0.39, 0.29) is 17.9 Å². The molecule has 1 amide bonds. The predicted molar refractivity (Wildman–Crippen MR) is 73.1 cm³/mol. The molecule has 4 nitrogen and oxygen atoms in total. The molecule has 0 saturated heterocycles. The highest BCUT2D eigenvalue weighted by atomic mass is 32.2. The van der Waals surface area contributed by atoms with Crippen molar-refractivity contribution >= 4 is 21.4 Å². The van der Waals surface area contributed by atoms with Gasteiger partial charge >= 0.3 is 0 Å². The first-order valence-corrected chi connectivity index (χ1v) is 7.62. The lowest BCUT2D eigenvalue weighted by Gasteiger charge is -2.05. The fourth-order valence-electron chi connectivity index (χ4n) is 1.33. The lowest BCUT2D eigenvalue weighted by molar-refractivity contribution is -0.115. The van der Waals surface area contributed by atoms with Crippen molar-refractivity contribution in [3.8, 4) is 0 Å². The summed E-state index contributed by atoms with van der Waals surface area (Å²) < 4.78 is 35.7. The summed E-state index contributed by atoms with van der Waals surface area (Å²) >= 11 is 0. The molecule has 19 heavy (non-hydrogen) atoms. The van der Waals surface area contributed by atoms with Crippen LogP contribution in [0, 0.1) is 5.82 Å². The van der Waals surface area contributed by atoms with Gasteiger partial charge < -0.3 is 5.32 Å². The van der Waals surface area contributed by atoms with Crippen LogP contribution in [-0.2, 0) is 14.6 Å². The van der Waals surface area contributed by atoms with E-state index >= 15 is 0 Å². The molecule has 0 aromatic heterocycles. The SMILES string of the molecule is CC=CCS(=O)(=O)CCC(=O)Nc1ccc(F)cc1. The van der Waals surface area contributed by atoms with Crippen LogP contribution in [0.25, 0.3) is 0 Å².